The van der Waals surface area contributed by atoms with Crippen molar-refractivity contribution in [2.45, 2.75) is 12.5 Å². The predicted octanol–water partition coefficient (Wildman–Crippen LogP) is 2.45. The average Bonchev–Trinajstić information content (AvgIpc) is 2.56. The molecule has 1 aliphatic rings. The number of hydrogen-bond acceptors (Lipinski definition) is 4. The summed E-state index contributed by atoms with van der Waals surface area (Å²) < 4.78 is 11.2. The molecule has 2 aromatic carbocycles. The van der Waals surface area contributed by atoms with Gasteiger partial charge in [-0.2, -0.15) is 0 Å². The number of hydrazine groups is 1. The van der Waals surface area contributed by atoms with E-state index in [1.54, 1.807) is 7.11 Å². The maximum absolute atomic E-state index is 5.87. The highest BCUT2D eigenvalue weighted by molar-refractivity contribution is 5.37. The minimum absolute atomic E-state index is 0.0356. The summed E-state index contributed by atoms with van der Waals surface area (Å²) in [5, 5.41) is 0. The van der Waals surface area contributed by atoms with Gasteiger partial charge in [0.2, 0.25) is 0 Å². The number of nitrogens with one attached hydrogen (secondary N) is 1. The van der Waals surface area contributed by atoms with Crippen molar-refractivity contribution in [3.05, 3.63) is 59.7 Å². The molecule has 2 unspecified atom stereocenters. The zero-order valence-corrected chi connectivity index (χ0v) is 12.1. The van der Waals surface area contributed by atoms with Crippen molar-refractivity contribution in [3.8, 4) is 11.5 Å². The summed E-state index contributed by atoms with van der Waals surface area (Å²) in [6.45, 7) is 0.656. The van der Waals surface area contributed by atoms with Gasteiger partial charge in [-0.3, -0.25) is 11.3 Å². The van der Waals surface area contributed by atoms with Crippen molar-refractivity contribution in [2.75, 3.05) is 13.7 Å². The monoisotopic (exact) mass is 284 g/mol. The molecule has 0 amide bonds. The lowest BCUT2D eigenvalue weighted by Gasteiger charge is -2.31. The highest BCUT2D eigenvalue weighted by atomic mass is 16.5. The third kappa shape index (κ3) is 2.86. The Morgan fingerprint density at radius 3 is 2.90 bits per heavy atom. The normalized spacial score (nSPS) is 18.5. The smallest absolute Gasteiger partial charge is 0.122 e. The summed E-state index contributed by atoms with van der Waals surface area (Å²) in [5.74, 6) is 7.91. The topological polar surface area (TPSA) is 56.5 Å². The van der Waals surface area contributed by atoms with E-state index in [9.17, 15) is 0 Å². The second-order valence-corrected chi connectivity index (χ2v) is 5.30. The molecule has 110 valence electrons. The highest BCUT2D eigenvalue weighted by Crippen LogP contribution is 2.34. The van der Waals surface area contributed by atoms with Gasteiger partial charge in [-0.05, 0) is 35.7 Å². The summed E-state index contributed by atoms with van der Waals surface area (Å²) in [6, 6.07) is 16.2. The Morgan fingerprint density at radius 1 is 1.24 bits per heavy atom. The number of ether oxygens (including phenoxy) is 2. The van der Waals surface area contributed by atoms with Crippen LogP contribution in [-0.4, -0.2) is 13.7 Å². The quantitative estimate of drug-likeness (QED) is 0.669. The van der Waals surface area contributed by atoms with Gasteiger partial charge in [0, 0.05) is 5.92 Å². The fourth-order valence-corrected chi connectivity index (χ4v) is 2.91. The van der Waals surface area contributed by atoms with Gasteiger partial charge in [-0.25, -0.2) is 0 Å². The molecule has 0 radical (unpaired) electrons. The van der Waals surface area contributed by atoms with E-state index in [1.165, 1.54) is 5.56 Å². The molecule has 0 spiro atoms. The van der Waals surface area contributed by atoms with Crippen LogP contribution in [0.1, 0.15) is 17.2 Å². The van der Waals surface area contributed by atoms with Gasteiger partial charge >= 0.3 is 0 Å². The van der Waals surface area contributed by atoms with Crippen LogP contribution in [0.25, 0.3) is 0 Å². The Labute approximate surface area is 124 Å². The van der Waals surface area contributed by atoms with Crippen molar-refractivity contribution in [1.29, 1.82) is 0 Å². The van der Waals surface area contributed by atoms with E-state index in [-0.39, 0.29) is 12.0 Å². The lowest BCUT2D eigenvalue weighted by atomic mass is 9.87. The molecule has 4 nitrogen and oxygen atoms in total. The van der Waals surface area contributed by atoms with Crippen LogP contribution in [0.15, 0.2) is 48.5 Å². The first-order valence-corrected chi connectivity index (χ1v) is 7.12. The summed E-state index contributed by atoms with van der Waals surface area (Å²) in [7, 11) is 1.67. The van der Waals surface area contributed by atoms with Gasteiger partial charge in [0.25, 0.3) is 0 Å². The average molecular weight is 284 g/mol. The minimum atomic E-state index is 0.0356. The third-order valence-corrected chi connectivity index (χ3v) is 4.01. The van der Waals surface area contributed by atoms with Gasteiger partial charge in [-0.15, -0.1) is 0 Å². The van der Waals surface area contributed by atoms with E-state index < -0.39 is 0 Å². The van der Waals surface area contributed by atoms with E-state index in [4.69, 9.17) is 15.3 Å². The van der Waals surface area contributed by atoms with E-state index >= 15 is 0 Å². The molecule has 0 saturated carbocycles. The molecule has 0 saturated heterocycles. The first kappa shape index (κ1) is 13.9. The van der Waals surface area contributed by atoms with Crippen molar-refractivity contribution >= 4 is 0 Å². The molecule has 3 N–H and O–H groups in total. The van der Waals surface area contributed by atoms with Gasteiger partial charge in [-0.1, -0.05) is 30.3 Å². The molecular formula is C17H20N2O2. The lowest BCUT2D eigenvalue weighted by Crippen LogP contribution is -2.38. The summed E-state index contributed by atoms with van der Waals surface area (Å²) in [6.07, 6.45) is 0.947. The van der Waals surface area contributed by atoms with Gasteiger partial charge < -0.3 is 9.47 Å². The second kappa shape index (κ2) is 6.16. The Morgan fingerprint density at radius 2 is 2.10 bits per heavy atom. The fraction of sp³-hybridized carbons (Fsp3) is 0.294. The number of benzene rings is 2. The van der Waals surface area contributed by atoms with Crippen LogP contribution < -0.4 is 20.7 Å². The van der Waals surface area contributed by atoms with Gasteiger partial charge in [0.05, 0.1) is 19.8 Å². The second-order valence-electron chi connectivity index (χ2n) is 5.30. The fourth-order valence-electron chi connectivity index (χ4n) is 2.91. The van der Waals surface area contributed by atoms with Crippen molar-refractivity contribution in [3.63, 3.8) is 0 Å². The molecule has 1 heterocycles. The zero-order chi connectivity index (χ0) is 14.7. The first-order chi connectivity index (χ1) is 10.3. The van der Waals surface area contributed by atoms with Crippen LogP contribution in [0.2, 0.25) is 0 Å². The van der Waals surface area contributed by atoms with Crippen LogP contribution in [0.4, 0.5) is 0 Å². The number of rotatable bonds is 4. The molecule has 3 rings (SSSR count). The molecule has 21 heavy (non-hydrogen) atoms. The number of fused-ring (bicyclic) bond motifs is 1. The number of para-hydroxylation sites is 1. The Bertz CT molecular complexity index is 615. The maximum atomic E-state index is 5.87. The summed E-state index contributed by atoms with van der Waals surface area (Å²) in [5.41, 5.74) is 5.28. The van der Waals surface area contributed by atoms with Gasteiger partial charge in [0.15, 0.2) is 0 Å². The van der Waals surface area contributed by atoms with Crippen LogP contribution in [-0.2, 0) is 6.42 Å². The molecular weight excluding hydrogens is 264 g/mol. The number of nitrogens with two attached hydrogens (primary N) is 1. The van der Waals surface area contributed by atoms with E-state index in [1.807, 2.05) is 36.4 Å². The maximum Gasteiger partial charge on any atom is 0.122 e. The number of hydrogen-bond donors (Lipinski definition) is 2. The van der Waals surface area contributed by atoms with E-state index in [2.05, 4.69) is 17.6 Å². The van der Waals surface area contributed by atoms with Crippen LogP contribution in [0, 0.1) is 5.92 Å². The minimum Gasteiger partial charge on any atom is -0.497 e. The van der Waals surface area contributed by atoms with Crippen LogP contribution >= 0.6 is 0 Å². The van der Waals surface area contributed by atoms with E-state index in [0.717, 1.165) is 23.5 Å². The molecule has 1 aliphatic heterocycles. The molecule has 4 heteroatoms. The largest absolute Gasteiger partial charge is 0.497 e. The molecule has 2 atom stereocenters. The summed E-state index contributed by atoms with van der Waals surface area (Å²) >= 11 is 0. The molecule has 2 aromatic rings. The first-order valence-electron chi connectivity index (χ1n) is 7.12. The van der Waals surface area contributed by atoms with Crippen molar-refractivity contribution in [2.24, 2.45) is 11.8 Å². The van der Waals surface area contributed by atoms with E-state index in [0.29, 0.717) is 6.61 Å². The van der Waals surface area contributed by atoms with Crippen molar-refractivity contribution in [1.82, 2.24) is 5.43 Å². The Balaban J connectivity index is 1.84. The standard InChI is InChI=1S/C17H20N2O2/c1-20-15-7-4-6-13(10-15)17(19-18)14-9-12-5-2-3-8-16(12)21-11-14/h2-8,10,14,17,19H,9,11,18H2,1H3. The zero-order valence-electron chi connectivity index (χ0n) is 12.1. The van der Waals surface area contributed by atoms with Crippen molar-refractivity contribution < 1.29 is 9.47 Å². The molecule has 0 bridgehead atoms. The SMILES string of the molecule is COc1cccc(C(NN)C2COc3ccccc3C2)c1. The molecule has 0 aromatic heterocycles. The highest BCUT2D eigenvalue weighted by Gasteiger charge is 2.28. The summed E-state index contributed by atoms with van der Waals surface area (Å²) in [4.78, 5) is 0. The molecule has 0 fully saturated rings. The Hall–Kier alpha value is -2.04. The van der Waals surface area contributed by atoms with Crippen LogP contribution in [0.3, 0.4) is 0 Å². The number of methoxy groups -OCH3 is 1. The Kier molecular flexibility index (Phi) is 4.08. The molecule has 0 aliphatic carbocycles. The lowest BCUT2D eigenvalue weighted by molar-refractivity contribution is 0.185. The third-order valence-electron chi connectivity index (χ3n) is 4.01. The predicted molar refractivity (Wildman–Crippen MR) is 82.2 cm³/mol. The van der Waals surface area contributed by atoms with Crippen LogP contribution in [0.5, 0.6) is 11.5 Å². The van der Waals surface area contributed by atoms with Gasteiger partial charge in [0.1, 0.15) is 11.5 Å².